The van der Waals surface area contributed by atoms with Crippen LogP contribution in [0.5, 0.6) is 5.75 Å². The summed E-state index contributed by atoms with van der Waals surface area (Å²) in [7, 11) is 0. The molecule has 1 saturated heterocycles. The van der Waals surface area contributed by atoms with Crippen LogP contribution in [0.15, 0.2) is 53.4 Å². The smallest absolute Gasteiger partial charge is 0.241 e. The van der Waals surface area contributed by atoms with E-state index in [1.54, 1.807) is 11.8 Å². The topological polar surface area (TPSA) is 35.5 Å². The van der Waals surface area contributed by atoms with Gasteiger partial charge in [-0.05, 0) is 42.0 Å². The van der Waals surface area contributed by atoms with Crippen LogP contribution in [0.3, 0.4) is 0 Å². The molecule has 2 aliphatic rings. The van der Waals surface area contributed by atoms with Crippen molar-refractivity contribution in [3.8, 4) is 5.75 Å². The van der Waals surface area contributed by atoms with Gasteiger partial charge in [0.2, 0.25) is 4.71 Å². The summed E-state index contributed by atoms with van der Waals surface area (Å²) < 4.78 is 18.5. The number of rotatable bonds is 3. The molecule has 0 saturated carbocycles. The van der Waals surface area contributed by atoms with Crippen LogP contribution in [-0.4, -0.2) is 22.4 Å². The number of hydrogen-bond acceptors (Lipinski definition) is 4. The number of fused-ring (bicyclic) bond motifs is 3. The molecule has 2 aromatic carbocycles. The van der Waals surface area contributed by atoms with Gasteiger partial charge in [0.05, 0.1) is 18.8 Å². The van der Waals surface area contributed by atoms with E-state index < -0.39 is 11.2 Å². The molecule has 0 spiro atoms. The van der Waals surface area contributed by atoms with Gasteiger partial charge in [0.15, 0.2) is 5.25 Å². The van der Waals surface area contributed by atoms with Gasteiger partial charge in [0.1, 0.15) is 5.75 Å². The first-order valence-corrected chi connectivity index (χ1v) is 9.58. The molecule has 22 heavy (non-hydrogen) atoms. The van der Waals surface area contributed by atoms with Crippen molar-refractivity contribution in [3.05, 3.63) is 54.1 Å². The maximum Gasteiger partial charge on any atom is 0.241 e. The van der Waals surface area contributed by atoms with Gasteiger partial charge in [-0.1, -0.05) is 30.3 Å². The van der Waals surface area contributed by atoms with Gasteiger partial charge >= 0.3 is 0 Å². The fourth-order valence-electron chi connectivity index (χ4n) is 3.02. The van der Waals surface area contributed by atoms with E-state index in [0.717, 1.165) is 18.0 Å². The van der Waals surface area contributed by atoms with Crippen molar-refractivity contribution in [1.29, 1.82) is 0 Å². The van der Waals surface area contributed by atoms with Crippen molar-refractivity contribution in [3.63, 3.8) is 0 Å². The minimum Gasteiger partial charge on any atom is -0.613 e. The number of nitrogens with zero attached hydrogens (tertiary/aromatic N) is 1. The van der Waals surface area contributed by atoms with Crippen molar-refractivity contribution in [1.82, 2.24) is 0 Å². The highest BCUT2D eigenvalue weighted by Crippen LogP contribution is 2.53. The summed E-state index contributed by atoms with van der Waals surface area (Å²) in [4.78, 5) is 3.48. The molecule has 2 aliphatic heterocycles. The van der Waals surface area contributed by atoms with Gasteiger partial charge in [-0.3, -0.25) is 0 Å². The molecule has 0 bridgehead atoms. The van der Waals surface area contributed by atoms with Crippen molar-refractivity contribution < 1.29 is 9.29 Å². The quantitative estimate of drug-likeness (QED) is 0.802. The molecule has 0 amide bonds. The van der Waals surface area contributed by atoms with Crippen LogP contribution in [0.2, 0.25) is 0 Å². The Balaban J connectivity index is 1.64. The predicted molar refractivity (Wildman–Crippen MR) is 91.9 cm³/mol. The molecule has 3 nitrogen and oxygen atoms in total. The largest absolute Gasteiger partial charge is 0.613 e. The molecule has 0 aromatic heterocycles. The minimum absolute atomic E-state index is 0.0251. The van der Waals surface area contributed by atoms with Crippen molar-refractivity contribution in [2.75, 3.05) is 18.1 Å². The Bertz CT molecular complexity index is 680. The third-order valence-corrected chi connectivity index (χ3v) is 7.59. The number of thioether (sulfide) groups is 1. The molecule has 0 N–H and O–H groups in total. The summed E-state index contributed by atoms with van der Waals surface area (Å²) in [5, 5.41) is 0.0857. The summed E-state index contributed by atoms with van der Waals surface area (Å²) >= 11 is 0.805. The maximum absolute atomic E-state index is 12.9. The molecule has 3 unspecified atom stereocenters. The Hall–Kier alpha value is -1.30. The number of hydrogen-bond donors (Lipinski definition) is 0. The summed E-state index contributed by atoms with van der Waals surface area (Å²) in [6.07, 6.45) is 0. The lowest BCUT2D eigenvalue weighted by Gasteiger charge is -2.16. The van der Waals surface area contributed by atoms with E-state index in [0.29, 0.717) is 6.61 Å². The Morgan fingerprint density at radius 1 is 1.27 bits per heavy atom. The van der Waals surface area contributed by atoms with E-state index in [1.165, 1.54) is 10.5 Å². The average Bonchev–Trinajstić information content (AvgIpc) is 3.06. The highest BCUT2D eigenvalue weighted by atomic mass is 32.3. The lowest BCUT2D eigenvalue weighted by Crippen LogP contribution is -2.25. The third kappa shape index (κ3) is 2.28. The first-order valence-electron chi connectivity index (χ1n) is 7.42. The second-order valence-corrected chi connectivity index (χ2v) is 8.46. The lowest BCUT2D eigenvalue weighted by atomic mass is 10.1. The van der Waals surface area contributed by atoms with Gasteiger partial charge in [-0.15, -0.1) is 0 Å². The standard InChI is InChI=1S/C17H17NO2S2/c1-2-20-13-8-9-15-14(10-13)18-11-16(22(19)17(18)21-15)12-6-4-3-5-7-12/h3-10,16-17H,2,11H2,1H3. The number of anilines is 1. The van der Waals surface area contributed by atoms with Crippen LogP contribution in [-0.2, 0) is 11.2 Å². The van der Waals surface area contributed by atoms with Gasteiger partial charge in [0, 0.05) is 16.5 Å². The predicted octanol–water partition coefficient (Wildman–Crippen LogP) is 3.78. The normalized spacial score (nSPS) is 25.9. The molecule has 1 fully saturated rings. The van der Waals surface area contributed by atoms with E-state index >= 15 is 0 Å². The second kappa shape index (κ2) is 5.72. The fourth-order valence-corrected chi connectivity index (χ4v) is 6.57. The van der Waals surface area contributed by atoms with Crippen LogP contribution in [0.4, 0.5) is 5.69 Å². The van der Waals surface area contributed by atoms with E-state index in [1.807, 2.05) is 31.2 Å². The summed E-state index contributed by atoms with van der Waals surface area (Å²) in [5.74, 6) is 0.886. The monoisotopic (exact) mass is 331 g/mol. The first kappa shape index (κ1) is 14.3. The molecule has 3 atom stereocenters. The fraction of sp³-hybridized carbons (Fsp3) is 0.294. The summed E-state index contributed by atoms with van der Waals surface area (Å²) in [6, 6.07) is 16.3. The maximum atomic E-state index is 12.9. The molecule has 2 heterocycles. The molecule has 2 aromatic rings. The summed E-state index contributed by atoms with van der Waals surface area (Å²) in [5.41, 5.74) is 2.33. The molecular formula is C17H17NO2S2. The molecule has 5 heteroatoms. The van der Waals surface area contributed by atoms with Gasteiger partial charge in [-0.2, -0.15) is 0 Å². The molecule has 0 radical (unpaired) electrons. The minimum atomic E-state index is -0.906. The number of benzene rings is 2. The number of ether oxygens (including phenoxy) is 1. The molecular weight excluding hydrogens is 314 g/mol. The van der Waals surface area contributed by atoms with E-state index in [-0.39, 0.29) is 9.96 Å². The Morgan fingerprint density at radius 2 is 2.09 bits per heavy atom. The highest BCUT2D eigenvalue weighted by molar-refractivity contribution is 8.14. The van der Waals surface area contributed by atoms with Crippen LogP contribution in [0, 0.1) is 0 Å². The third-order valence-electron chi connectivity index (χ3n) is 4.05. The van der Waals surface area contributed by atoms with Gasteiger partial charge in [0.25, 0.3) is 0 Å². The van der Waals surface area contributed by atoms with Crippen molar-refractivity contribution in [2.24, 2.45) is 0 Å². The zero-order valence-corrected chi connectivity index (χ0v) is 13.9. The van der Waals surface area contributed by atoms with E-state index in [9.17, 15) is 4.55 Å². The lowest BCUT2D eigenvalue weighted by molar-refractivity contribution is 0.340. The average molecular weight is 331 g/mol. The Labute approximate surface area is 137 Å². The molecule has 4 rings (SSSR count). The highest BCUT2D eigenvalue weighted by Gasteiger charge is 2.50. The first-order chi connectivity index (χ1) is 10.8. The Morgan fingerprint density at radius 3 is 2.86 bits per heavy atom. The van der Waals surface area contributed by atoms with E-state index in [2.05, 4.69) is 29.2 Å². The summed E-state index contributed by atoms with van der Waals surface area (Å²) in [6.45, 7) is 3.45. The molecule has 114 valence electrons. The van der Waals surface area contributed by atoms with Crippen LogP contribution in [0.25, 0.3) is 0 Å². The molecule has 0 aliphatic carbocycles. The van der Waals surface area contributed by atoms with Crippen LogP contribution >= 0.6 is 11.8 Å². The van der Waals surface area contributed by atoms with Gasteiger partial charge in [-0.25, -0.2) is 0 Å². The van der Waals surface area contributed by atoms with Crippen molar-refractivity contribution in [2.45, 2.75) is 21.8 Å². The van der Waals surface area contributed by atoms with Crippen LogP contribution < -0.4 is 9.64 Å². The van der Waals surface area contributed by atoms with E-state index in [4.69, 9.17) is 4.74 Å². The zero-order chi connectivity index (χ0) is 15.1. The second-order valence-electron chi connectivity index (χ2n) is 5.37. The van der Waals surface area contributed by atoms with Gasteiger partial charge < -0.3 is 14.2 Å². The van der Waals surface area contributed by atoms with Crippen molar-refractivity contribution >= 4 is 28.6 Å². The SMILES string of the molecule is CCOc1ccc2c(c1)N1CC(c3ccccc3)[S+]([O-])C1S2. The van der Waals surface area contributed by atoms with Crippen LogP contribution in [0.1, 0.15) is 17.7 Å². The zero-order valence-electron chi connectivity index (χ0n) is 12.3. The Kier molecular flexibility index (Phi) is 3.72.